The van der Waals surface area contributed by atoms with E-state index in [1.807, 2.05) is 18.3 Å². The van der Waals surface area contributed by atoms with Gasteiger partial charge in [-0.1, -0.05) is 6.08 Å². The number of aromatic nitrogens is 2. The van der Waals surface area contributed by atoms with Gasteiger partial charge in [-0.05, 0) is 38.0 Å². The third kappa shape index (κ3) is 2.29. The highest BCUT2D eigenvalue weighted by atomic mass is 16.5. The monoisotopic (exact) mass is 280 g/mol. The molecule has 0 aliphatic rings. The van der Waals surface area contributed by atoms with E-state index in [0.717, 1.165) is 30.8 Å². The van der Waals surface area contributed by atoms with Crippen molar-refractivity contribution in [1.29, 1.82) is 0 Å². The first-order valence-corrected chi connectivity index (χ1v) is 7.28. The summed E-state index contributed by atoms with van der Waals surface area (Å²) in [5.41, 5.74) is 3.51. The summed E-state index contributed by atoms with van der Waals surface area (Å²) in [5, 5.41) is 2.52. The molecule has 3 aromatic rings. The average molecular weight is 280 g/mol. The van der Waals surface area contributed by atoms with Gasteiger partial charge in [0.1, 0.15) is 5.75 Å². The van der Waals surface area contributed by atoms with Crippen molar-refractivity contribution in [2.45, 2.75) is 26.3 Å². The number of pyridine rings is 1. The molecule has 0 atom stereocenters. The lowest BCUT2D eigenvalue weighted by molar-refractivity contribution is 0.415. The predicted molar refractivity (Wildman–Crippen MR) is 88.0 cm³/mol. The number of ether oxygens (including phenoxy) is 1. The molecule has 0 aliphatic carbocycles. The van der Waals surface area contributed by atoms with Gasteiger partial charge in [-0.15, -0.1) is 6.58 Å². The smallest absolute Gasteiger partial charge is 0.120 e. The zero-order chi connectivity index (χ0) is 14.8. The van der Waals surface area contributed by atoms with E-state index in [2.05, 4.69) is 41.3 Å². The van der Waals surface area contributed by atoms with Crippen LogP contribution in [0.2, 0.25) is 0 Å². The minimum Gasteiger partial charge on any atom is -0.497 e. The van der Waals surface area contributed by atoms with Crippen LogP contribution in [0.25, 0.3) is 21.8 Å². The molecule has 0 bridgehead atoms. The van der Waals surface area contributed by atoms with Crippen molar-refractivity contribution in [2.24, 2.45) is 0 Å². The average Bonchev–Trinajstić information content (AvgIpc) is 2.82. The van der Waals surface area contributed by atoms with Crippen molar-refractivity contribution in [3.05, 3.63) is 48.8 Å². The molecule has 0 aliphatic heterocycles. The molecule has 3 heteroatoms. The highest BCUT2D eigenvalue weighted by Gasteiger charge is 2.13. The lowest BCUT2D eigenvalue weighted by atomic mass is 10.1. The van der Waals surface area contributed by atoms with E-state index in [1.165, 1.54) is 21.8 Å². The molecule has 0 N–H and O–H groups in total. The van der Waals surface area contributed by atoms with Crippen molar-refractivity contribution in [3.63, 3.8) is 0 Å². The maximum Gasteiger partial charge on any atom is 0.120 e. The fraction of sp³-hybridized carbons (Fsp3) is 0.278. The maximum absolute atomic E-state index is 5.38. The Labute approximate surface area is 124 Å². The second kappa shape index (κ2) is 5.60. The molecule has 0 saturated heterocycles. The summed E-state index contributed by atoms with van der Waals surface area (Å²) in [6, 6.07) is 8.37. The molecule has 0 spiro atoms. The Hall–Kier alpha value is -2.29. The number of methoxy groups -OCH3 is 1. The minimum absolute atomic E-state index is 0.890. The van der Waals surface area contributed by atoms with Gasteiger partial charge in [0, 0.05) is 29.6 Å². The summed E-state index contributed by atoms with van der Waals surface area (Å²) in [5.74, 6) is 0.890. The summed E-state index contributed by atoms with van der Waals surface area (Å²) < 4.78 is 7.74. The Morgan fingerprint density at radius 1 is 1.29 bits per heavy atom. The second-order valence-electron chi connectivity index (χ2n) is 5.26. The van der Waals surface area contributed by atoms with E-state index < -0.39 is 0 Å². The SMILES string of the molecule is C=CCCCn1c2cc(OC)ccc2c2ccnc(C)c21. The summed E-state index contributed by atoms with van der Waals surface area (Å²) in [7, 11) is 1.71. The van der Waals surface area contributed by atoms with E-state index in [0.29, 0.717) is 0 Å². The van der Waals surface area contributed by atoms with Crippen LogP contribution in [-0.4, -0.2) is 16.7 Å². The molecule has 0 saturated carbocycles. The van der Waals surface area contributed by atoms with Gasteiger partial charge in [0.05, 0.1) is 23.8 Å². The Morgan fingerprint density at radius 2 is 2.14 bits per heavy atom. The highest BCUT2D eigenvalue weighted by molar-refractivity contribution is 6.09. The largest absolute Gasteiger partial charge is 0.497 e. The van der Waals surface area contributed by atoms with Crippen molar-refractivity contribution in [2.75, 3.05) is 7.11 Å². The van der Waals surface area contributed by atoms with Crippen LogP contribution in [0.3, 0.4) is 0 Å². The number of hydrogen-bond donors (Lipinski definition) is 0. The van der Waals surface area contributed by atoms with E-state index >= 15 is 0 Å². The number of hydrogen-bond acceptors (Lipinski definition) is 2. The second-order valence-corrected chi connectivity index (χ2v) is 5.26. The molecule has 1 aromatic carbocycles. The van der Waals surface area contributed by atoms with Crippen LogP contribution in [0.5, 0.6) is 5.75 Å². The first kappa shape index (κ1) is 13.7. The quantitative estimate of drug-likeness (QED) is 0.509. The van der Waals surface area contributed by atoms with Gasteiger partial charge in [-0.25, -0.2) is 0 Å². The molecule has 108 valence electrons. The number of benzene rings is 1. The number of rotatable bonds is 5. The third-order valence-electron chi connectivity index (χ3n) is 3.95. The number of nitrogens with zero attached hydrogens (tertiary/aromatic N) is 2. The normalized spacial score (nSPS) is 11.1. The zero-order valence-corrected chi connectivity index (χ0v) is 12.6. The number of fused-ring (bicyclic) bond motifs is 3. The van der Waals surface area contributed by atoms with Gasteiger partial charge in [-0.2, -0.15) is 0 Å². The van der Waals surface area contributed by atoms with Crippen molar-refractivity contribution in [1.82, 2.24) is 9.55 Å². The molecule has 0 unspecified atom stereocenters. The van der Waals surface area contributed by atoms with Gasteiger partial charge in [-0.3, -0.25) is 4.98 Å². The topological polar surface area (TPSA) is 27.1 Å². The van der Waals surface area contributed by atoms with E-state index in [4.69, 9.17) is 4.74 Å². The Morgan fingerprint density at radius 3 is 2.90 bits per heavy atom. The molecule has 2 aromatic heterocycles. The van der Waals surface area contributed by atoms with Gasteiger partial charge in [0.25, 0.3) is 0 Å². The van der Waals surface area contributed by atoms with Crippen LogP contribution in [0.15, 0.2) is 43.1 Å². The van der Waals surface area contributed by atoms with Gasteiger partial charge < -0.3 is 9.30 Å². The van der Waals surface area contributed by atoms with Crippen LogP contribution in [0, 0.1) is 6.92 Å². The van der Waals surface area contributed by atoms with Crippen LogP contribution in [-0.2, 0) is 6.54 Å². The zero-order valence-electron chi connectivity index (χ0n) is 12.6. The van der Waals surface area contributed by atoms with Crippen LogP contribution < -0.4 is 4.74 Å². The van der Waals surface area contributed by atoms with Gasteiger partial charge >= 0.3 is 0 Å². The van der Waals surface area contributed by atoms with Gasteiger partial charge in [0.15, 0.2) is 0 Å². The third-order valence-corrected chi connectivity index (χ3v) is 3.95. The van der Waals surface area contributed by atoms with E-state index in [1.54, 1.807) is 7.11 Å². The lowest BCUT2D eigenvalue weighted by Gasteiger charge is -2.08. The van der Waals surface area contributed by atoms with Crippen molar-refractivity contribution < 1.29 is 4.74 Å². The lowest BCUT2D eigenvalue weighted by Crippen LogP contribution is -1.99. The molecular formula is C18H20N2O. The molecule has 0 fully saturated rings. The van der Waals surface area contributed by atoms with Crippen LogP contribution in [0.4, 0.5) is 0 Å². The molecule has 3 nitrogen and oxygen atoms in total. The molecule has 21 heavy (non-hydrogen) atoms. The summed E-state index contributed by atoms with van der Waals surface area (Å²) >= 11 is 0. The van der Waals surface area contributed by atoms with Crippen molar-refractivity contribution >= 4 is 21.8 Å². The maximum atomic E-state index is 5.38. The van der Waals surface area contributed by atoms with Crippen LogP contribution >= 0.6 is 0 Å². The molecule has 3 rings (SSSR count). The first-order chi connectivity index (χ1) is 10.3. The molecule has 2 heterocycles. The van der Waals surface area contributed by atoms with E-state index in [-0.39, 0.29) is 0 Å². The first-order valence-electron chi connectivity index (χ1n) is 7.28. The highest BCUT2D eigenvalue weighted by Crippen LogP contribution is 2.32. The molecule has 0 radical (unpaired) electrons. The molecule has 0 amide bonds. The van der Waals surface area contributed by atoms with Crippen LogP contribution in [0.1, 0.15) is 18.5 Å². The Balaban J connectivity index is 2.28. The summed E-state index contributed by atoms with van der Waals surface area (Å²) in [6.45, 7) is 6.84. The number of allylic oxidation sites excluding steroid dienone is 1. The summed E-state index contributed by atoms with van der Waals surface area (Å²) in [4.78, 5) is 4.46. The Kier molecular flexibility index (Phi) is 3.65. The Bertz CT molecular complexity index is 802. The van der Waals surface area contributed by atoms with Crippen molar-refractivity contribution in [3.8, 4) is 5.75 Å². The minimum atomic E-state index is 0.890. The fourth-order valence-corrected chi connectivity index (χ4v) is 2.95. The summed E-state index contributed by atoms with van der Waals surface area (Å²) in [6.07, 6.45) is 5.95. The standard InChI is InChI=1S/C18H20N2O/c1-4-5-6-11-20-17-12-14(21-3)7-8-15(17)16-9-10-19-13(2)18(16)20/h4,7-10,12H,1,5-6,11H2,2-3H3. The van der Waals surface area contributed by atoms with Gasteiger partial charge in [0.2, 0.25) is 0 Å². The predicted octanol–water partition coefficient (Wildman–Crippen LogP) is 4.47. The molecular weight excluding hydrogens is 260 g/mol. The fourth-order valence-electron chi connectivity index (χ4n) is 2.95. The number of aryl methyl sites for hydroxylation is 2. The number of unbranched alkanes of at least 4 members (excludes halogenated alkanes) is 1. The van der Waals surface area contributed by atoms with E-state index in [9.17, 15) is 0 Å².